The number of carbonyl (C=O) groups is 1. The monoisotopic (exact) mass is 253 g/mol. The zero-order valence-electron chi connectivity index (χ0n) is 10.3. The minimum absolute atomic E-state index is 0.203. The third-order valence-corrected chi connectivity index (χ3v) is 2.89. The lowest BCUT2D eigenvalue weighted by Gasteiger charge is -2.22. The highest BCUT2D eigenvalue weighted by Gasteiger charge is 2.12. The highest BCUT2D eigenvalue weighted by atomic mass is 16.5. The van der Waals surface area contributed by atoms with E-state index in [0.29, 0.717) is 24.9 Å². The molecule has 3 N–H and O–H groups in total. The van der Waals surface area contributed by atoms with Crippen molar-refractivity contribution in [1.29, 1.82) is 0 Å². The highest BCUT2D eigenvalue weighted by molar-refractivity contribution is 5.91. The second-order valence-electron chi connectivity index (χ2n) is 4.28. The molecule has 1 aromatic rings. The number of rotatable bonds is 6. The first kappa shape index (κ1) is 13.0. The number of nitrogens with zero attached hydrogens (tertiary/aromatic N) is 2. The number of piperidine rings is 1. The standard InChI is InChI=1S/C11H19N5O2/c17-11(10-8-14-16-15-10)13-4-1-7-18-9-2-5-12-6-3-9/h8-9,12H,1-7H2,(H,13,17)(H,14,15,16). The predicted octanol–water partition coefficient (Wildman–Crippen LogP) is -0.307. The van der Waals surface area contributed by atoms with E-state index < -0.39 is 0 Å². The lowest BCUT2D eigenvalue weighted by atomic mass is 10.1. The number of amides is 1. The first-order valence-electron chi connectivity index (χ1n) is 6.32. The number of aromatic nitrogens is 3. The third-order valence-electron chi connectivity index (χ3n) is 2.89. The zero-order chi connectivity index (χ0) is 12.6. The van der Waals surface area contributed by atoms with Gasteiger partial charge < -0.3 is 15.4 Å². The Hall–Kier alpha value is -1.47. The minimum Gasteiger partial charge on any atom is -0.378 e. The van der Waals surface area contributed by atoms with Crippen LogP contribution in [-0.4, -0.2) is 53.7 Å². The fraction of sp³-hybridized carbons (Fsp3) is 0.727. The molecule has 0 aliphatic carbocycles. The molecule has 0 atom stereocenters. The quantitative estimate of drug-likeness (QED) is 0.605. The summed E-state index contributed by atoms with van der Waals surface area (Å²) in [6.07, 6.45) is 4.74. The van der Waals surface area contributed by atoms with Crippen molar-refractivity contribution in [2.24, 2.45) is 0 Å². The Morgan fingerprint density at radius 2 is 2.33 bits per heavy atom. The molecule has 0 aromatic carbocycles. The summed E-state index contributed by atoms with van der Waals surface area (Å²) in [6.45, 7) is 3.35. The van der Waals surface area contributed by atoms with E-state index in [2.05, 4.69) is 26.0 Å². The van der Waals surface area contributed by atoms with Gasteiger partial charge >= 0.3 is 0 Å². The van der Waals surface area contributed by atoms with Gasteiger partial charge in [0.2, 0.25) is 0 Å². The van der Waals surface area contributed by atoms with Crippen molar-refractivity contribution >= 4 is 5.91 Å². The van der Waals surface area contributed by atoms with Gasteiger partial charge in [-0.05, 0) is 32.4 Å². The third kappa shape index (κ3) is 4.08. The fourth-order valence-electron chi connectivity index (χ4n) is 1.89. The molecule has 0 saturated carbocycles. The molecule has 2 rings (SSSR count). The molecule has 1 amide bonds. The van der Waals surface area contributed by atoms with Crippen molar-refractivity contribution in [3.63, 3.8) is 0 Å². The lowest BCUT2D eigenvalue weighted by Crippen LogP contribution is -2.33. The summed E-state index contributed by atoms with van der Waals surface area (Å²) >= 11 is 0. The van der Waals surface area contributed by atoms with Crippen LogP contribution in [0.2, 0.25) is 0 Å². The maximum atomic E-state index is 11.5. The first-order valence-corrected chi connectivity index (χ1v) is 6.32. The van der Waals surface area contributed by atoms with E-state index >= 15 is 0 Å². The van der Waals surface area contributed by atoms with Crippen LogP contribution in [0.4, 0.5) is 0 Å². The van der Waals surface area contributed by atoms with Crippen LogP contribution >= 0.6 is 0 Å². The van der Waals surface area contributed by atoms with Crippen molar-refractivity contribution in [3.8, 4) is 0 Å². The molecule has 1 aliphatic heterocycles. The Bertz CT molecular complexity index is 348. The molecule has 0 radical (unpaired) electrons. The average Bonchev–Trinajstić information content (AvgIpc) is 2.93. The normalized spacial score (nSPS) is 16.7. The molecule has 0 spiro atoms. The Balaban J connectivity index is 1.52. The van der Waals surface area contributed by atoms with Crippen LogP contribution in [-0.2, 0) is 4.74 Å². The van der Waals surface area contributed by atoms with Gasteiger partial charge in [-0.15, -0.1) is 0 Å². The van der Waals surface area contributed by atoms with E-state index in [1.165, 1.54) is 6.20 Å². The van der Waals surface area contributed by atoms with E-state index in [9.17, 15) is 4.79 Å². The van der Waals surface area contributed by atoms with E-state index in [0.717, 1.165) is 32.4 Å². The van der Waals surface area contributed by atoms with E-state index in [-0.39, 0.29) is 5.91 Å². The highest BCUT2D eigenvalue weighted by Crippen LogP contribution is 2.07. The van der Waals surface area contributed by atoms with Crippen LogP contribution in [0.5, 0.6) is 0 Å². The van der Waals surface area contributed by atoms with E-state index in [1.807, 2.05) is 0 Å². The van der Waals surface area contributed by atoms with Crippen LogP contribution in [0, 0.1) is 0 Å². The fourth-order valence-corrected chi connectivity index (χ4v) is 1.89. The lowest BCUT2D eigenvalue weighted by molar-refractivity contribution is 0.0317. The smallest absolute Gasteiger partial charge is 0.273 e. The molecule has 1 saturated heterocycles. The van der Waals surface area contributed by atoms with Gasteiger partial charge in [0.25, 0.3) is 5.91 Å². The number of H-pyrrole nitrogens is 1. The number of nitrogens with one attached hydrogen (secondary N) is 3. The molecule has 1 fully saturated rings. The summed E-state index contributed by atoms with van der Waals surface area (Å²) in [5.74, 6) is -0.203. The van der Waals surface area contributed by atoms with Crippen molar-refractivity contribution in [2.45, 2.75) is 25.4 Å². The SMILES string of the molecule is O=C(NCCCOC1CCNCC1)c1cn[nH]n1. The van der Waals surface area contributed by atoms with Crippen molar-refractivity contribution in [2.75, 3.05) is 26.2 Å². The first-order chi connectivity index (χ1) is 8.86. The van der Waals surface area contributed by atoms with Crippen LogP contribution in [0.1, 0.15) is 29.8 Å². The predicted molar refractivity (Wildman–Crippen MR) is 65.2 cm³/mol. The van der Waals surface area contributed by atoms with Crippen LogP contribution in [0.25, 0.3) is 0 Å². The Kier molecular flexibility index (Phi) is 5.10. The Morgan fingerprint density at radius 3 is 3.06 bits per heavy atom. The topological polar surface area (TPSA) is 91.9 Å². The number of hydrogen-bond acceptors (Lipinski definition) is 5. The molecule has 1 aromatic heterocycles. The van der Waals surface area contributed by atoms with Gasteiger partial charge in [0.15, 0.2) is 5.69 Å². The Labute approximate surface area is 106 Å². The zero-order valence-corrected chi connectivity index (χ0v) is 10.3. The molecule has 100 valence electrons. The van der Waals surface area contributed by atoms with Crippen molar-refractivity contribution in [1.82, 2.24) is 26.0 Å². The van der Waals surface area contributed by atoms with Gasteiger partial charge in [-0.1, -0.05) is 0 Å². The van der Waals surface area contributed by atoms with Gasteiger partial charge in [0.05, 0.1) is 12.3 Å². The van der Waals surface area contributed by atoms with Crippen LogP contribution in [0.15, 0.2) is 6.20 Å². The van der Waals surface area contributed by atoms with Crippen molar-refractivity contribution < 1.29 is 9.53 Å². The number of aromatic amines is 1. The maximum absolute atomic E-state index is 11.5. The minimum atomic E-state index is -0.203. The summed E-state index contributed by atoms with van der Waals surface area (Å²) < 4.78 is 5.73. The van der Waals surface area contributed by atoms with Gasteiger partial charge in [-0.25, -0.2) is 0 Å². The molecule has 1 aliphatic rings. The molecule has 7 heteroatoms. The molecule has 0 unspecified atom stereocenters. The molecule has 7 nitrogen and oxygen atoms in total. The summed E-state index contributed by atoms with van der Waals surface area (Å²) in [5, 5.41) is 15.8. The maximum Gasteiger partial charge on any atom is 0.273 e. The summed E-state index contributed by atoms with van der Waals surface area (Å²) in [5.41, 5.74) is 0.314. The van der Waals surface area contributed by atoms with Gasteiger partial charge in [-0.2, -0.15) is 15.4 Å². The van der Waals surface area contributed by atoms with E-state index in [4.69, 9.17) is 4.74 Å². The average molecular weight is 253 g/mol. The molecular weight excluding hydrogens is 234 g/mol. The molecule has 0 bridgehead atoms. The molecule has 2 heterocycles. The van der Waals surface area contributed by atoms with Gasteiger partial charge in [-0.3, -0.25) is 4.79 Å². The van der Waals surface area contributed by atoms with E-state index in [1.54, 1.807) is 0 Å². The van der Waals surface area contributed by atoms with Crippen LogP contribution in [0.3, 0.4) is 0 Å². The second-order valence-corrected chi connectivity index (χ2v) is 4.28. The molecule has 18 heavy (non-hydrogen) atoms. The summed E-state index contributed by atoms with van der Waals surface area (Å²) in [4.78, 5) is 11.5. The Morgan fingerprint density at radius 1 is 1.50 bits per heavy atom. The van der Waals surface area contributed by atoms with Gasteiger partial charge in [0, 0.05) is 13.2 Å². The number of hydrogen-bond donors (Lipinski definition) is 3. The number of ether oxygens (including phenoxy) is 1. The van der Waals surface area contributed by atoms with Crippen LogP contribution < -0.4 is 10.6 Å². The largest absolute Gasteiger partial charge is 0.378 e. The molecular formula is C11H19N5O2. The van der Waals surface area contributed by atoms with Crippen molar-refractivity contribution in [3.05, 3.63) is 11.9 Å². The summed E-state index contributed by atoms with van der Waals surface area (Å²) in [7, 11) is 0. The van der Waals surface area contributed by atoms with Gasteiger partial charge in [0.1, 0.15) is 0 Å². The number of carbonyl (C=O) groups excluding carboxylic acids is 1. The second kappa shape index (κ2) is 7.07. The summed E-state index contributed by atoms with van der Waals surface area (Å²) in [6, 6.07) is 0.